The zero-order valence-corrected chi connectivity index (χ0v) is 18.1. The summed E-state index contributed by atoms with van der Waals surface area (Å²) >= 11 is 0. The lowest BCUT2D eigenvalue weighted by molar-refractivity contribution is -0.144. The minimum Gasteiger partial charge on any atom is -0.478 e. The summed E-state index contributed by atoms with van der Waals surface area (Å²) in [6, 6.07) is 0. The van der Waals surface area contributed by atoms with Gasteiger partial charge in [-0.1, -0.05) is 98.0 Å². The van der Waals surface area contributed by atoms with Gasteiger partial charge in [0.25, 0.3) is 0 Å². The number of rotatable bonds is 17. The Bertz CT molecular complexity index is 350. The molecule has 0 aliphatic carbocycles. The molecule has 160 valence electrons. The van der Waals surface area contributed by atoms with Gasteiger partial charge in [0.2, 0.25) is 0 Å². The van der Waals surface area contributed by atoms with Crippen molar-refractivity contribution in [1.29, 1.82) is 0 Å². The fourth-order valence-electron chi connectivity index (χ4n) is 2.67. The highest BCUT2D eigenvalue weighted by atomic mass is 16.5. The number of esters is 1. The van der Waals surface area contributed by atoms with E-state index in [-0.39, 0.29) is 5.97 Å². The molecule has 0 bridgehead atoms. The van der Waals surface area contributed by atoms with Gasteiger partial charge in [-0.25, -0.2) is 4.79 Å². The molecule has 4 nitrogen and oxygen atoms in total. The zero-order chi connectivity index (χ0) is 20.8. The molecular weight excluding hydrogens is 340 g/mol. The van der Waals surface area contributed by atoms with Gasteiger partial charge in [0.1, 0.15) is 0 Å². The van der Waals surface area contributed by atoms with Gasteiger partial charge in [0.15, 0.2) is 0 Å². The quantitative estimate of drug-likeness (QED) is 0.168. The van der Waals surface area contributed by atoms with Crippen molar-refractivity contribution < 1.29 is 19.4 Å². The molecule has 0 aliphatic heterocycles. The smallest absolute Gasteiger partial charge is 0.327 e. The molecule has 27 heavy (non-hydrogen) atoms. The highest BCUT2D eigenvalue weighted by Crippen LogP contribution is 2.11. The Morgan fingerprint density at radius 3 is 1.85 bits per heavy atom. The molecular formula is C23H44O4. The van der Waals surface area contributed by atoms with Crippen molar-refractivity contribution in [2.24, 2.45) is 5.92 Å². The lowest BCUT2D eigenvalue weighted by Gasteiger charge is -2.06. The lowest BCUT2D eigenvalue weighted by Crippen LogP contribution is -2.05. The first-order valence-electron chi connectivity index (χ1n) is 10.9. The van der Waals surface area contributed by atoms with Gasteiger partial charge < -0.3 is 9.84 Å². The number of unbranched alkanes of at least 4 members (excludes halogenated alkanes) is 10. The van der Waals surface area contributed by atoms with Crippen LogP contribution in [0.25, 0.3) is 0 Å². The van der Waals surface area contributed by atoms with Crippen LogP contribution in [0.15, 0.2) is 12.7 Å². The molecule has 0 saturated carbocycles. The molecule has 0 aromatic rings. The standard InChI is InChI=1S/C20H40O2.C3H4O2/c1-4-5-6-7-8-9-10-11-14-17-20(21)22-18-15-12-13-16-19(2)3;1-2-3(4)5/h19H,4-18H2,1-3H3;2H,1H2,(H,4,5). The highest BCUT2D eigenvalue weighted by Gasteiger charge is 2.02. The molecule has 0 atom stereocenters. The van der Waals surface area contributed by atoms with Crippen LogP contribution in [0, 0.1) is 5.92 Å². The average Bonchev–Trinajstić information content (AvgIpc) is 2.63. The molecule has 0 radical (unpaired) electrons. The van der Waals surface area contributed by atoms with Gasteiger partial charge in [-0.05, 0) is 18.8 Å². The second-order valence-corrected chi connectivity index (χ2v) is 7.58. The third-order valence-electron chi connectivity index (χ3n) is 4.35. The molecule has 0 spiro atoms. The van der Waals surface area contributed by atoms with Gasteiger partial charge in [-0.2, -0.15) is 0 Å². The van der Waals surface area contributed by atoms with Crippen LogP contribution in [0.3, 0.4) is 0 Å². The number of carbonyl (C=O) groups excluding carboxylic acids is 1. The van der Waals surface area contributed by atoms with Crippen molar-refractivity contribution >= 4 is 11.9 Å². The number of carboxylic acid groups (broad SMARTS) is 1. The molecule has 0 unspecified atom stereocenters. The van der Waals surface area contributed by atoms with Crippen LogP contribution in [-0.4, -0.2) is 23.7 Å². The monoisotopic (exact) mass is 384 g/mol. The normalized spacial score (nSPS) is 10.2. The fourth-order valence-corrected chi connectivity index (χ4v) is 2.67. The van der Waals surface area contributed by atoms with Gasteiger partial charge in [0, 0.05) is 12.5 Å². The maximum atomic E-state index is 11.6. The minimum absolute atomic E-state index is 0.00630. The van der Waals surface area contributed by atoms with Crippen LogP contribution in [0.2, 0.25) is 0 Å². The van der Waals surface area contributed by atoms with Crippen LogP contribution in [0.1, 0.15) is 111 Å². The van der Waals surface area contributed by atoms with Crippen molar-refractivity contribution in [3.8, 4) is 0 Å². The third kappa shape index (κ3) is 29.7. The molecule has 0 amide bonds. The fraction of sp³-hybridized carbons (Fsp3) is 0.826. The summed E-state index contributed by atoms with van der Waals surface area (Å²) in [6.07, 6.45) is 17.8. The van der Waals surface area contributed by atoms with E-state index >= 15 is 0 Å². The molecule has 0 heterocycles. The van der Waals surface area contributed by atoms with Crippen molar-refractivity contribution in [2.75, 3.05) is 6.61 Å². The van der Waals surface area contributed by atoms with Crippen LogP contribution in [-0.2, 0) is 14.3 Å². The van der Waals surface area contributed by atoms with E-state index in [0.29, 0.717) is 13.0 Å². The van der Waals surface area contributed by atoms with Crippen LogP contribution in [0.5, 0.6) is 0 Å². The second kappa shape index (κ2) is 22.7. The van der Waals surface area contributed by atoms with E-state index in [1.807, 2.05) is 0 Å². The third-order valence-corrected chi connectivity index (χ3v) is 4.35. The summed E-state index contributed by atoms with van der Waals surface area (Å²) in [7, 11) is 0. The van der Waals surface area contributed by atoms with E-state index in [0.717, 1.165) is 24.8 Å². The first kappa shape index (κ1) is 27.9. The number of hydrogen-bond acceptors (Lipinski definition) is 3. The number of carboxylic acids is 1. The average molecular weight is 385 g/mol. The van der Waals surface area contributed by atoms with E-state index in [9.17, 15) is 9.59 Å². The molecule has 0 aromatic carbocycles. The van der Waals surface area contributed by atoms with E-state index in [2.05, 4.69) is 27.4 Å². The minimum atomic E-state index is -0.981. The zero-order valence-electron chi connectivity index (χ0n) is 18.1. The lowest BCUT2D eigenvalue weighted by atomic mass is 10.1. The molecule has 0 aliphatic rings. The Morgan fingerprint density at radius 2 is 1.37 bits per heavy atom. The van der Waals surface area contributed by atoms with Crippen LogP contribution >= 0.6 is 0 Å². The Balaban J connectivity index is 0. The van der Waals surface area contributed by atoms with Crippen molar-refractivity contribution in [3.63, 3.8) is 0 Å². The van der Waals surface area contributed by atoms with E-state index in [1.54, 1.807) is 0 Å². The first-order valence-corrected chi connectivity index (χ1v) is 10.9. The number of ether oxygens (including phenoxy) is 1. The van der Waals surface area contributed by atoms with Gasteiger partial charge in [-0.15, -0.1) is 0 Å². The maximum Gasteiger partial charge on any atom is 0.327 e. The molecule has 4 heteroatoms. The number of aliphatic carboxylic acids is 1. The summed E-state index contributed by atoms with van der Waals surface area (Å²) in [6.45, 7) is 10.3. The molecule has 0 rings (SSSR count). The Morgan fingerprint density at radius 1 is 0.889 bits per heavy atom. The van der Waals surface area contributed by atoms with Gasteiger partial charge in [-0.3, -0.25) is 4.79 Å². The summed E-state index contributed by atoms with van der Waals surface area (Å²) in [5.41, 5.74) is 0. The maximum absolute atomic E-state index is 11.6. The topological polar surface area (TPSA) is 63.6 Å². The molecule has 0 aromatic heterocycles. The number of carbonyl (C=O) groups is 2. The van der Waals surface area contributed by atoms with Crippen molar-refractivity contribution in [1.82, 2.24) is 0 Å². The molecule has 0 fully saturated rings. The van der Waals surface area contributed by atoms with Gasteiger partial charge in [0.05, 0.1) is 6.61 Å². The SMILES string of the molecule is C=CC(=O)O.CCCCCCCCCCCC(=O)OCCCCCC(C)C. The van der Waals surface area contributed by atoms with Crippen molar-refractivity contribution in [2.45, 2.75) is 111 Å². The Hall–Kier alpha value is -1.32. The van der Waals surface area contributed by atoms with Gasteiger partial charge >= 0.3 is 11.9 Å². The predicted molar refractivity (Wildman–Crippen MR) is 114 cm³/mol. The molecule has 1 N–H and O–H groups in total. The predicted octanol–water partition coefficient (Wildman–Crippen LogP) is 6.92. The summed E-state index contributed by atoms with van der Waals surface area (Å²) in [5, 5.41) is 7.60. The summed E-state index contributed by atoms with van der Waals surface area (Å²) in [4.78, 5) is 20.8. The van der Waals surface area contributed by atoms with E-state index < -0.39 is 5.97 Å². The Labute approximate surface area is 167 Å². The summed E-state index contributed by atoms with van der Waals surface area (Å²) < 4.78 is 5.28. The van der Waals surface area contributed by atoms with E-state index in [1.165, 1.54) is 70.6 Å². The van der Waals surface area contributed by atoms with Crippen molar-refractivity contribution in [3.05, 3.63) is 12.7 Å². The van der Waals surface area contributed by atoms with E-state index in [4.69, 9.17) is 9.84 Å². The number of hydrogen-bond donors (Lipinski definition) is 1. The summed E-state index contributed by atoms with van der Waals surface area (Å²) in [5.74, 6) is -0.189. The van der Waals surface area contributed by atoms with Crippen LogP contribution in [0.4, 0.5) is 0 Å². The second-order valence-electron chi connectivity index (χ2n) is 7.58. The first-order chi connectivity index (χ1) is 12.9. The highest BCUT2D eigenvalue weighted by molar-refractivity contribution is 5.78. The largest absolute Gasteiger partial charge is 0.478 e. The Kier molecular flexibility index (Phi) is 23.5. The van der Waals surface area contributed by atoms with Crippen LogP contribution < -0.4 is 0 Å². The molecule has 0 saturated heterocycles.